The molecule has 23 heavy (non-hydrogen) atoms. The van der Waals surface area contributed by atoms with Gasteiger partial charge in [0.05, 0.1) is 17.7 Å². The highest BCUT2D eigenvalue weighted by Gasteiger charge is 2.20. The maximum absolute atomic E-state index is 12.4. The van der Waals surface area contributed by atoms with Crippen LogP contribution in [0.15, 0.2) is 29.2 Å². The highest BCUT2D eigenvalue weighted by atomic mass is 35.5. The number of H-pyrrole nitrogens is 1. The van der Waals surface area contributed by atoms with Crippen molar-refractivity contribution in [2.75, 3.05) is 6.61 Å². The average molecular weight is 333 g/mol. The molecular weight excluding hydrogens is 320 g/mol. The van der Waals surface area contributed by atoms with Gasteiger partial charge in [0.25, 0.3) is 0 Å². The molecule has 0 amide bonds. The molecule has 0 radical (unpaired) electrons. The van der Waals surface area contributed by atoms with Crippen LogP contribution in [0.2, 0.25) is 5.02 Å². The van der Waals surface area contributed by atoms with Crippen LogP contribution in [0, 0.1) is 0 Å². The number of halogens is 1. The summed E-state index contributed by atoms with van der Waals surface area (Å²) in [5.41, 5.74) is 0.544. The van der Waals surface area contributed by atoms with E-state index < -0.39 is 0 Å². The van der Waals surface area contributed by atoms with Crippen molar-refractivity contribution >= 4 is 22.8 Å². The van der Waals surface area contributed by atoms with E-state index in [4.69, 9.17) is 21.1 Å². The Balaban J connectivity index is 2.09. The Morgan fingerprint density at radius 1 is 1.39 bits per heavy atom. The summed E-state index contributed by atoms with van der Waals surface area (Å²) in [5, 5.41) is 0.336. The minimum absolute atomic E-state index is 0.0916. The van der Waals surface area contributed by atoms with Gasteiger partial charge in [-0.2, -0.15) is 4.98 Å². The Morgan fingerprint density at radius 3 is 3.13 bits per heavy atom. The molecule has 0 saturated carbocycles. The van der Waals surface area contributed by atoms with Gasteiger partial charge in [-0.25, -0.2) is 14.3 Å². The SMILES string of the molecule is CC1CCOc2ccc(Cl)c(n2)-n2c(=O)[nH]c3nccc(c32)O1. The lowest BCUT2D eigenvalue weighted by atomic mass is 10.3. The van der Waals surface area contributed by atoms with Crippen LogP contribution >= 0.6 is 11.6 Å². The van der Waals surface area contributed by atoms with Crippen molar-refractivity contribution < 1.29 is 9.47 Å². The lowest BCUT2D eigenvalue weighted by Crippen LogP contribution is -2.17. The maximum Gasteiger partial charge on any atom is 0.333 e. The van der Waals surface area contributed by atoms with E-state index in [1.807, 2.05) is 6.92 Å². The van der Waals surface area contributed by atoms with Gasteiger partial charge in [-0.3, -0.25) is 4.98 Å². The molecule has 1 atom stereocenters. The third-order valence-electron chi connectivity index (χ3n) is 3.66. The van der Waals surface area contributed by atoms with Crippen LogP contribution in [-0.2, 0) is 0 Å². The highest BCUT2D eigenvalue weighted by molar-refractivity contribution is 6.32. The smallest absolute Gasteiger partial charge is 0.333 e. The van der Waals surface area contributed by atoms with Crippen LogP contribution in [0.1, 0.15) is 13.3 Å². The standard InChI is InChI=1S/C15H13ClN4O3/c1-8-5-7-22-11-3-2-9(16)14(18-11)20-12-10(23-8)4-6-17-13(12)19-15(20)21/h2-4,6,8H,5,7H2,1H3,(H,17,19,21). The van der Waals surface area contributed by atoms with E-state index in [0.29, 0.717) is 40.8 Å². The number of rotatable bonds is 0. The van der Waals surface area contributed by atoms with Crippen LogP contribution in [0.5, 0.6) is 11.6 Å². The number of fused-ring (bicyclic) bond motifs is 3. The van der Waals surface area contributed by atoms with Crippen LogP contribution in [-0.4, -0.2) is 32.2 Å². The molecule has 1 aliphatic heterocycles. The summed E-state index contributed by atoms with van der Waals surface area (Å²) < 4.78 is 13.0. The minimum Gasteiger partial charge on any atom is -0.488 e. The van der Waals surface area contributed by atoms with E-state index in [1.165, 1.54) is 4.57 Å². The second-order valence-corrected chi connectivity index (χ2v) is 5.70. The summed E-state index contributed by atoms with van der Waals surface area (Å²) in [7, 11) is 0. The number of ether oxygens (including phenoxy) is 2. The molecule has 0 aliphatic carbocycles. The zero-order valence-corrected chi connectivity index (χ0v) is 13.0. The summed E-state index contributed by atoms with van der Waals surface area (Å²) in [6.07, 6.45) is 2.18. The van der Waals surface area contributed by atoms with Gasteiger partial charge in [-0.05, 0) is 13.0 Å². The fourth-order valence-corrected chi connectivity index (χ4v) is 2.75. The Morgan fingerprint density at radius 2 is 2.26 bits per heavy atom. The predicted octanol–water partition coefficient (Wildman–Crippen LogP) is 2.31. The average Bonchev–Trinajstić information content (AvgIpc) is 2.84. The van der Waals surface area contributed by atoms with Gasteiger partial charge in [0.15, 0.2) is 11.5 Å². The molecule has 0 fully saturated rings. The van der Waals surface area contributed by atoms with E-state index >= 15 is 0 Å². The summed E-state index contributed by atoms with van der Waals surface area (Å²) in [5.74, 6) is 1.24. The number of nitrogens with one attached hydrogen (secondary N) is 1. The molecule has 1 aliphatic rings. The zero-order chi connectivity index (χ0) is 16.0. The van der Waals surface area contributed by atoms with E-state index in [-0.39, 0.29) is 17.6 Å². The fraction of sp³-hybridized carbons (Fsp3) is 0.267. The lowest BCUT2D eigenvalue weighted by Gasteiger charge is -2.15. The van der Waals surface area contributed by atoms with Crippen molar-refractivity contribution in [1.29, 1.82) is 0 Å². The second kappa shape index (κ2) is 5.27. The Kier molecular flexibility index (Phi) is 3.23. The molecule has 118 valence electrons. The highest BCUT2D eigenvalue weighted by Crippen LogP contribution is 2.29. The maximum atomic E-state index is 12.4. The molecule has 1 N–H and O–H groups in total. The first-order valence-electron chi connectivity index (χ1n) is 7.19. The van der Waals surface area contributed by atoms with Crippen molar-refractivity contribution in [3.05, 3.63) is 39.9 Å². The Bertz CT molecular complexity index is 950. The molecule has 0 saturated heterocycles. The number of aromatic nitrogens is 4. The van der Waals surface area contributed by atoms with Gasteiger partial charge in [0, 0.05) is 24.8 Å². The number of hydrogen-bond donors (Lipinski definition) is 1. The molecule has 0 spiro atoms. The van der Waals surface area contributed by atoms with Gasteiger partial charge in [-0.15, -0.1) is 0 Å². The van der Waals surface area contributed by atoms with Crippen molar-refractivity contribution in [3.63, 3.8) is 0 Å². The summed E-state index contributed by atoms with van der Waals surface area (Å²) in [6, 6.07) is 5.05. The van der Waals surface area contributed by atoms with Gasteiger partial charge < -0.3 is 9.47 Å². The van der Waals surface area contributed by atoms with E-state index in [9.17, 15) is 4.79 Å². The van der Waals surface area contributed by atoms with Crippen LogP contribution < -0.4 is 15.2 Å². The number of imidazole rings is 1. The third kappa shape index (κ3) is 2.33. The Labute approximate surface area is 135 Å². The van der Waals surface area contributed by atoms with Gasteiger partial charge in [0.2, 0.25) is 5.88 Å². The largest absolute Gasteiger partial charge is 0.488 e. The first-order chi connectivity index (χ1) is 11.1. The van der Waals surface area contributed by atoms with Gasteiger partial charge in [-0.1, -0.05) is 11.6 Å². The third-order valence-corrected chi connectivity index (χ3v) is 3.95. The summed E-state index contributed by atoms with van der Waals surface area (Å²) in [6.45, 7) is 2.40. The second-order valence-electron chi connectivity index (χ2n) is 5.29. The molecule has 4 heterocycles. The lowest BCUT2D eigenvalue weighted by molar-refractivity contribution is 0.177. The molecule has 3 aromatic heterocycles. The van der Waals surface area contributed by atoms with Gasteiger partial charge in [0.1, 0.15) is 11.3 Å². The molecule has 7 nitrogen and oxygen atoms in total. The molecule has 2 bridgehead atoms. The first-order valence-corrected chi connectivity index (χ1v) is 7.57. The van der Waals surface area contributed by atoms with Crippen molar-refractivity contribution in [1.82, 2.24) is 19.5 Å². The summed E-state index contributed by atoms with van der Waals surface area (Å²) >= 11 is 6.25. The van der Waals surface area contributed by atoms with Crippen molar-refractivity contribution in [2.45, 2.75) is 19.4 Å². The van der Waals surface area contributed by atoms with Crippen LogP contribution in [0.25, 0.3) is 17.0 Å². The van der Waals surface area contributed by atoms with E-state index in [0.717, 1.165) is 0 Å². The van der Waals surface area contributed by atoms with Crippen molar-refractivity contribution in [3.8, 4) is 17.4 Å². The van der Waals surface area contributed by atoms with Crippen molar-refractivity contribution in [2.24, 2.45) is 0 Å². The number of nitrogens with zero attached hydrogens (tertiary/aromatic N) is 3. The molecule has 1 unspecified atom stereocenters. The predicted molar refractivity (Wildman–Crippen MR) is 84.7 cm³/mol. The fourth-order valence-electron chi connectivity index (χ4n) is 2.56. The van der Waals surface area contributed by atoms with E-state index in [2.05, 4.69) is 15.0 Å². The van der Waals surface area contributed by atoms with Gasteiger partial charge >= 0.3 is 5.69 Å². The molecule has 8 heteroatoms. The minimum atomic E-state index is -0.387. The van der Waals surface area contributed by atoms with Crippen LogP contribution in [0.4, 0.5) is 0 Å². The number of hydrogen-bond acceptors (Lipinski definition) is 5. The quantitative estimate of drug-likeness (QED) is 0.683. The first kappa shape index (κ1) is 14.1. The van der Waals surface area contributed by atoms with Crippen LogP contribution in [0.3, 0.4) is 0 Å². The van der Waals surface area contributed by atoms with E-state index in [1.54, 1.807) is 24.4 Å². The molecule has 4 rings (SSSR count). The molecule has 3 aromatic rings. The Hall–Kier alpha value is -2.54. The molecular formula is C15H13ClN4O3. The molecule has 0 aromatic carbocycles. The monoisotopic (exact) mass is 332 g/mol. The normalized spacial score (nSPS) is 17.2. The zero-order valence-electron chi connectivity index (χ0n) is 12.2. The topological polar surface area (TPSA) is 82.0 Å². The summed E-state index contributed by atoms with van der Waals surface area (Å²) in [4.78, 5) is 23.7. The number of aromatic amines is 1. The number of pyridine rings is 2.